The maximum Gasteiger partial charge on any atom is 0.203 e. The lowest BCUT2D eigenvalue weighted by Gasteiger charge is -2.16. The highest BCUT2D eigenvalue weighted by Crippen LogP contribution is 2.42. The summed E-state index contributed by atoms with van der Waals surface area (Å²) in [6, 6.07) is 9.31. The Morgan fingerprint density at radius 2 is 1.44 bits per heavy atom. The van der Waals surface area contributed by atoms with E-state index in [2.05, 4.69) is 13.8 Å². The van der Waals surface area contributed by atoms with Crippen molar-refractivity contribution >= 4 is 0 Å². The van der Waals surface area contributed by atoms with Crippen LogP contribution < -0.4 is 23.7 Å². The summed E-state index contributed by atoms with van der Waals surface area (Å²) in [6.45, 7) is 6.91. The Morgan fingerprint density at radius 1 is 0.800 bits per heavy atom. The second-order valence-electron chi connectivity index (χ2n) is 6.10. The molecule has 0 aromatic heterocycles. The van der Waals surface area contributed by atoms with Crippen LogP contribution in [0.4, 0.5) is 0 Å². The summed E-state index contributed by atoms with van der Waals surface area (Å²) >= 11 is 0. The van der Waals surface area contributed by atoms with Crippen LogP contribution in [0.1, 0.15) is 19.4 Å². The average molecular weight is 346 g/mol. The Kier molecular flexibility index (Phi) is 6.39. The molecule has 0 fully saturated rings. The maximum atomic E-state index is 6.00. The van der Waals surface area contributed by atoms with Gasteiger partial charge in [-0.1, -0.05) is 13.8 Å². The number of aryl methyl sites for hydroxylation is 1. The highest BCUT2D eigenvalue weighted by molar-refractivity contribution is 5.57. The van der Waals surface area contributed by atoms with Gasteiger partial charge in [-0.3, -0.25) is 0 Å². The second-order valence-corrected chi connectivity index (χ2v) is 6.10. The fourth-order valence-electron chi connectivity index (χ4n) is 2.33. The standard InChI is InChI=1S/C20H26O5/c1-13(2)12-24-15-7-8-17(14(3)9-15)25-16-10-18(21-4)20(23-6)19(11-16)22-5/h7-11,13H,12H2,1-6H3. The zero-order chi connectivity index (χ0) is 18.4. The van der Waals surface area contributed by atoms with Gasteiger partial charge < -0.3 is 23.7 Å². The first kappa shape index (κ1) is 18.8. The van der Waals surface area contributed by atoms with E-state index in [-0.39, 0.29) is 0 Å². The topological polar surface area (TPSA) is 46.2 Å². The molecule has 2 aromatic rings. The van der Waals surface area contributed by atoms with Crippen LogP contribution in [-0.2, 0) is 0 Å². The van der Waals surface area contributed by atoms with E-state index >= 15 is 0 Å². The van der Waals surface area contributed by atoms with Gasteiger partial charge in [0.05, 0.1) is 27.9 Å². The van der Waals surface area contributed by atoms with Crippen molar-refractivity contribution in [3.05, 3.63) is 35.9 Å². The van der Waals surface area contributed by atoms with Crippen LogP contribution >= 0.6 is 0 Å². The molecular weight excluding hydrogens is 320 g/mol. The minimum atomic E-state index is 0.482. The Morgan fingerprint density at radius 3 is 1.92 bits per heavy atom. The average Bonchev–Trinajstić information content (AvgIpc) is 2.60. The quantitative estimate of drug-likeness (QED) is 0.684. The van der Waals surface area contributed by atoms with E-state index < -0.39 is 0 Å². The molecule has 0 aliphatic rings. The first-order valence-corrected chi connectivity index (χ1v) is 8.19. The van der Waals surface area contributed by atoms with Crippen molar-refractivity contribution in [1.29, 1.82) is 0 Å². The molecule has 0 spiro atoms. The van der Waals surface area contributed by atoms with Crippen LogP contribution in [0.25, 0.3) is 0 Å². The molecular formula is C20H26O5. The first-order valence-electron chi connectivity index (χ1n) is 8.19. The zero-order valence-electron chi connectivity index (χ0n) is 15.7. The van der Waals surface area contributed by atoms with Crippen LogP contribution in [0.3, 0.4) is 0 Å². The Balaban J connectivity index is 2.24. The minimum Gasteiger partial charge on any atom is -0.493 e. The molecule has 136 valence electrons. The number of rotatable bonds is 8. The predicted molar refractivity (Wildman–Crippen MR) is 97.7 cm³/mol. The van der Waals surface area contributed by atoms with E-state index in [4.69, 9.17) is 23.7 Å². The fraction of sp³-hybridized carbons (Fsp3) is 0.400. The lowest BCUT2D eigenvalue weighted by atomic mass is 10.2. The molecule has 0 N–H and O–H groups in total. The van der Waals surface area contributed by atoms with E-state index in [0.717, 1.165) is 17.1 Å². The van der Waals surface area contributed by atoms with Gasteiger partial charge in [0.2, 0.25) is 5.75 Å². The van der Waals surface area contributed by atoms with Crippen LogP contribution in [0.5, 0.6) is 34.5 Å². The third-order valence-electron chi connectivity index (χ3n) is 3.60. The number of ether oxygens (including phenoxy) is 5. The molecule has 0 saturated carbocycles. The van der Waals surface area contributed by atoms with Crippen LogP contribution in [0, 0.1) is 12.8 Å². The number of methoxy groups -OCH3 is 3. The molecule has 25 heavy (non-hydrogen) atoms. The molecule has 5 nitrogen and oxygen atoms in total. The maximum absolute atomic E-state index is 6.00. The predicted octanol–water partition coefficient (Wildman–Crippen LogP) is 4.85. The molecule has 0 amide bonds. The SMILES string of the molecule is COc1cc(Oc2ccc(OCC(C)C)cc2C)cc(OC)c1OC. The van der Waals surface area contributed by atoms with Crippen molar-refractivity contribution in [3.8, 4) is 34.5 Å². The summed E-state index contributed by atoms with van der Waals surface area (Å²) < 4.78 is 27.8. The molecule has 0 atom stereocenters. The van der Waals surface area contributed by atoms with E-state index in [1.807, 2.05) is 25.1 Å². The van der Waals surface area contributed by atoms with Crippen molar-refractivity contribution in [2.75, 3.05) is 27.9 Å². The lowest BCUT2D eigenvalue weighted by Crippen LogP contribution is -2.04. The minimum absolute atomic E-state index is 0.482. The number of hydrogen-bond acceptors (Lipinski definition) is 5. The highest BCUT2D eigenvalue weighted by Gasteiger charge is 2.15. The van der Waals surface area contributed by atoms with Gasteiger partial charge in [-0.2, -0.15) is 0 Å². The van der Waals surface area contributed by atoms with E-state index in [1.165, 1.54) is 0 Å². The summed E-state index contributed by atoms with van der Waals surface area (Å²) in [6.07, 6.45) is 0. The van der Waals surface area contributed by atoms with Gasteiger partial charge in [0.1, 0.15) is 17.2 Å². The third-order valence-corrected chi connectivity index (χ3v) is 3.60. The largest absolute Gasteiger partial charge is 0.493 e. The summed E-state index contributed by atoms with van der Waals surface area (Å²) in [7, 11) is 4.72. The third kappa shape index (κ3) is 4.72. The molecule has 0 aliphatic carbocycles. The molecule has 0 radical (unpaired) electrons. The Bertz CT molecular complexity index is 684. The van der Waals surface area contributed by atoms with E-state index in [0.29, 0.717) is 35.5 Å². The van der Waals surface area contributed by atoms with E-state index in [1.54, 1.807) is 33.5 Å². The van der Waals surface area contributed by atoms with Gasteiger partial charge in [0.25, 0.3) is 0 Å². The lowest BCUT2D eigenvalue weighted by molar-refractivity contribution is 0.270. The first-order chi connectivity index (χ1) is 12.0. The molecule has 0 bridgehead atoms. The Labute approximate surface area is 149 Å². The number of hydrogen-bond donors (Lipinski definition) is 0. The van der Waals surface area contributed by atoms with Gasteiger partial charge in [-0.25, -0.2) is 0 Å². The molecule has 0 aliphatic heterocycles. The van der Waals surface area contributed by atoms with Crippen LogP contribution in [-0.4, -0.2) is 27.9 Å². The van der Waals surface area contributed by atoms with Crippen LogP contribution in [0.15, 0.2) is 30.3 Å². The second kappa shape index (κ2) is 8.51. The monoisotopic (exact) mass is 346 g/mol. The van der Waals surface area contributed by atoms with Gasteiger partial charge >= 0.3 is 0 Å². The highest BCUT2D eigenvalue weighted by atomic mass is 16.5. The molecule has 0 heterocycles. The fourth-order valence-corrected chi connectivity index (χ4v) is 2.33. The smallest absolute Gasteiger partial charge is 0.203 e. The summed E-state index contributed by atoms with van der Waals surface area (Å²) in [5.74, 6) is 4.29. The summed E-state index contributed by atoms with van der Waals surface area (Å²) in [4.78, 5) is 0. The summed E-state index contributed by atoms with van der Waals surface area (Å²) in [5, 5.41) is 0. The molecule has 0 unspecified atom stereocenters. The van der Waals surface area contributed by atoms with Crippen molar-refractivity contribution in [2.45, 2.75) is 20.8 Å². The van der Waals surface area contributed by atoms with Crippen LogP contribution in [0.2, 0.25) is 0 Å². The van der Waals surface area contributed by atoms with Gasteiger partial charge in [-0.15, -0.1) is 0 Å². The molecule has 2 aromatic carbocycles. The van der Waals surface area contributed by atoms with Crippen molar-refractivity contribution in [3.63, 3.8) is 0 Å². The molecule has 0 saturated heterocycles. The van der Waals surface area contributed by atoms with Gasteiger partial charge in [-0.05, 0) is 36.6 Å². The van der Waals surface area contributed by atoms with Crippen molar-refractivity contribution in [2.24, 2.45) is 5.92 Å². The molecule has 2 rings (SSSR count). The zero-order valence-corrected chi connectivity index (χ0v) is 15.7. The van der Waals surface area contributed by atoms with Gasteiger partial charge in [0.15, 0.2) is 11.5 Å². The normalized spacial score (nSPS) is 10.5. The van der Waals surface area contributed by atoms with Crippen molar-refractivity contribution < 1.29 is 23.7 Å². The van der Waals surface area contributed by atoms with E-state index in [9.17, 15) is 0 Å². The Hall–Kier alpha value is -2.56. The van der Waals surface area contributed by atoms with Gasteiger partial charge in [0, 0.05) is 12.1 Å². The van der Waals surface area contributed by atoms with Crippen molar-refractivity contribution in [1.82, 2.24) is 0 Å². The molecule has 5 heteroatoms. The number of benzene rings is 2. The summed E-state index contributed by atoms with van der Waals surface area (Å²) in [5.41, 5.74) is 0.981.